The second-order valence-electron chi connectivity index (χ2n) is 7.64. The Morgan fingerprint density at radius 3 is 2.90 bits per heavy atom. The Bertz CT molecular complexity index is 880. The van der Waals surface area contributed by atoms with E-state index in [4.69, 9.17) is 14.5 Å². The molecule has 0 bridgehead atoms. The number of nitrogens with zero attached hydrogens (tertiary/aromatic N) is 2. The maximum Gasteiger partial charge on any atom is 0.411 e. The summed E-state index contributed by atoms with van der Waals surface area (Å²) in [6.07, 6.45) is 5.34. The highest BCUT2D eigenvalue weighted by Crippen LogP contribution is 2.33. The Morgan fingerprint density at radius 2 is 2.17 bits per heavy atom. The lowest BCUT2D eigenvalue weighted by Crippen LogP contribution is -2.51. The number of aliphatic hydroxyl groups is 1. The Morgan fingerprint density at radius 1 is 1.37 bits per heavy atom. The van der Waals surface area contributed by atoms with Crippen LogP contribution in [-0.2, 0) is 16.0 Å². The van der Waals surface area contributed by atoms with Gasteiger partial charge in [0.25, 0.3) is 0 Å². The zero-order valence-electron chi connectivity index (χ0n) is 17.9. The van der Waals surface area contributed by atoms with E-state index in [2.05, 4.69) is 10.6 Å². The van der Waals surface area contributed by atoms with Crippen LogP contribution in [0.2, 0.25) is 0 Å². The van der Waals surface area contributed by atoms with E-state index >= 15 is 0 Å². The van der Waals surface area contributed by atoms with Crippen molar-refractivity contribution in [3.05, 3.63) is 53.4 Å². The number of amides is 1. The molecule has 3 rings (SSSR count). The molecule has 2 unspecified atom stereocenters. The van der Waals surface area contributed by atoms with E-state index in [9.17, 15) is 9.90 Å². The molecule has 2 aliphatic heterocycles. The molecule has 0 aliphatic carbocycles. The molecule has 2 aliphatic rings. The highest BCUT2D eigenvalue weighted by atomic mass is 16.6. The van der Waals surface area contributed by atoms with Crippen molar-refractivity contribution >= 4 is 17.6 Å². The van der Waals surface area contributed by atoms with Gasteiger partial charge in [-0.05, 0) is 50.1 Å². The molecule has 1 aromatic carbocycles. The highest BCUT2D eigenvalue weighted by molar-refractivity contribution is 6.01. The largest absolute Gasteiger partial charge is 0.447 e. The summed E-state index contributed by atoms with van der Waals surface area (Å²) in [7, 11) is 1.56. The van der Waals surface area contributed by atoms with Gasteiger partial charge in [-0.1, -0.05) is 12.1 Å². The molecule has 8 nitrogen and oxygen atoms in total. The molecule has 0 spiro atoms. The maximum atomic E-state index is 12.1. The first-order valence-corrected chi connectivity index (χ1v) is 10.0. The van der Waals surface area contributed by atoms with Gasteiger partial charge in [0.15, 0.2) is 5.84 Å². The molecule has 3 N–H and O–H groups in total. The first-order chi connectivity index (χ1) is 14.4. The number of ether oxygens (including phenoxy) is 2. The van der Waals surface area contributed by atoms with E-state index < -0.39 is 11.6 Å². The number of aliphatic imine (C=N–C) groups is 1. The zero-order valence-corrected chi connectivity index (χ0v) is 17.9. The molecule has 0 radical (unpaired) electrons. The van der Waals surface area contributed by atoms with Crippen molar-refractivity contribution in [2.75, 3.05) is 32.2 Å². The molecular weight excluding hydrogens is 384 g/mol. The average Bonchev–Trinajstić information content (AvgIpc) is 2.99. The first kappa shape index (κ1) is 21.9. The molecule has 2 atom stereocenters. The summed E-state index contributed by atoms with van der Waals surface area (Å²) in [4.78, 5) is 18.8. The summed E-state index contributed by atoms with van der Waals surface area (Å²) in [6, 6.07) is 5.70. The minimum absolute atomic E-state index is 0.00975. The van der Waals surface area contributed by atoms with Crippen LogP contribution in [0.4, 0.5) is 10.5 Å². The number of nitrogens with one attached hydrogen (secondary N) is 2. The van der Waals surface area contributed by atoms with Crippen LogP contribution in [0.25, 0.3) is 0 Å². The van der Waals surface area contributed by atoms with Crippen LogP contribution in [0.15, 0.2) is 47.2 Å². The summed E-state index contributed by atoms with van der Waals surface area (Å²) >= 11 is 0. The first-order valence-electron chi connectivity index (χ1n) is 10.0. The number of methoxy groups -OCH3 is 1. The Hall–Kier alpha value is -2.84. The standard InChI is InChI=1S/C22H30N4O4/c1-15-7-5-8-18(25-21(28)30-12-11-29-4)17(15)13-23-19-9-6-10-26-20(19)24-16(2)22(26,3)14-27/h5-10,16,23,27H,11-14H2,1-4H3,(H,25,28). The fraction of sp³-hybridized carbons (Fsp3) is 0.455. The number of aliphatic hydroxyl groups excluding tert-OH is 1. The van der Waals surface area contributed by atoms with E-state index in [1.807, 2.05) is 62.2 Å². The van der Waals surface area contributed by atoms with Crippen LogP contribution >= 0.6 is 0 Å². The molecule has 1 amide bonds. The van der Waals surface area contributed by atoms with Gasteiger partial charge in [0.1, 0.15) is 6.61 Å². The second-order valence-corrected chi connectivity index (χ2v) is 7.64. The quantitative estimate of drug-likeness (QED) is 0.566. The molecule has 8 heteroatoms. The molecule has 0 saturated carbocycles. The molecular formula is C22H30N4O4. The third-order valence-corrected chi connectivity index (χ3v) is 5.68. The fourth-order valence-corrected chi connectivity index (χ4v) is 3.52. The monoisotopic (exact) mass is 414 g/mol. The molecule has 0 saturated heterocycles. The average molecular weight is 415 g/mol. The number of hydrogen-bond acceptors (Lipinski definition) is 7. The van der Waals surface area contributed by atoms with Crippen LogP contribution in [0.1, 0.15) is 25.0 Å². The summed E-state index contributed by atoms with van der Waals surface area (Å²) in [5, 5.41) is 16.2. The molecule has 0 fully saturated rings. The summed E-state index contributed by atoms with van der Waals surface area (Å²) < 4.78 is 10.0. The lowest BCUT2D eigenvalue weighted by atomic mass is 9.94. The minimum atomic E-state index is -0.516. The van der Waals surface area contributed by atoms with Crippen molar-refractivity contribution < 1.29 is 19.4 Å². The van der Waals surface area contributed by atoms with Crippen LogP contribution < -0.4 is 10.6 Å². The summed E-state index contributed by atoms with van der Waals surface area (Å²) in [6.45, 7) is 7.05. The number of aryl methyl sites for hydroxylation is 1. The number of carbonyl (C=O) groups is 1. The Labute approximate surface area is 177 Å². The van der Waals surface area contributed by atoms with Crippen LogP contribution in [0.5, 0.6) is 0 Å². The summed E-state index contributed by atoms with van der Waals surface area (Å²) in [5.41, 5.74) is 3.10. The van der Waals surface area contributed by atoms with Gasteiger partial charge in [0.05, 0.1) is 30.5 Å². The van der Waals surface area contributed by atoms with Crippen molar-refractivity contribution in [1.82, 2.24) is 10.2 Å². The normalized spacial score (nSPS) is 22.3. The molecule has 30 heavy (non-hydrogen) atoms. The minimum Gasteiger partial charge on any atom is -0.447 e. The fourth-order valence-electron chi connectivity index (χ4n) is 3.52. The highest BCUT2D eigenvalue weighted by Gasteiger charge is 2.44. The smallest absolute Gasteiger partial charge is 0.411 e. The van der Waals surface area contributed by atoms with Gasteiger partial charge in [0, 0.05) is 25.5 Å². The van der Waals surface area contributed by atoms with Crippen molar-refractivity contribution in [3.63, 3.8) is 0 Å². The van der Waals surface area contributed by atoms with Crippen molar-refractivity contribution in [3.8, 4) is 0 Å². The number of rotatable bonds is 8. The zero-order chi connectivity index (χ0) is 21.7. The molecule has 2 heterocycles. The predicted octanol–water partition coefficient (Wildman–Crippen LogP) is 2.54. The second kappa shape index (κ2) is 9.32. The number of carbonyl (C=O) groups excluding carboxylic acids is 1. The third kappa shape index (κ3) is 4.34. The van der Waals surface area contributed by atoms with E-state index in [-0.39, 0.29) is 19.3 Å². The van der Waals surface area contributed by atoms with E-state index in [1.165, 1.54) is 0 Å². The van der Waals surface area contributed by atoms with E-state index in [0.717, 1.165) is 22.7 Å². The Kier molecular flexibility index (Phi) is 6.79. The molecule has 162 valence electrons. The lowest BCUT2D eigenvalue weighted by Gasteiger charge is -2.37. The number of fused-ring (bicyclic) bond motifs is 1. The van der Waals surface area contributed by atoms with Crippen LogP contribution in [0.3, 0.4) is 0 Å². The number of hydrogen-bond donors (Lipinski definition) is 3. The van der Waals surface area contributed by atoms with Gasteiger partial charge >= 0.3 is 6.09 Å². The van der Waals surface area contributed by atoms with Gasteiger partial charge in [0.2, 0.25) is 0 Å². The number of amidine groups is 1. The third-order valence-electron chi connectivity index (χ3n) is 5.68. The van der Waals surface area contributed by atoms with Crippen LogP contribution in [0, 0.1) is 6.92 Å². The van der Waals surface area contributed by atoms with Gasteiger partial charge in [-0.2, -0.15) is 0 Å². The topological polar surface area (TPSA) is 95.4 Å². The van der Waals surface area contributed by atoms with Crippen LogP contribution in [-0.4, -0.2) is 60.4 Å². The molecule has 0 aromatic heterocycles. The van der Waals surface area contributed by atoms with Gasteiger partial charge in [-0.25, -0.2) is 4.79 Å². The van der Waals surface area contributed by atoms with Gasteiger partial charge < -0.3 is 24.8 Å². The number of allylic oxidation sites excluding steroid dienone is 2. The van der Waals surface area contributed by atoms with E-state index in [0.29, 0.717) is 18.8 Å². The van der Waals surface area contributed by atoms with Crippen molar-refractivity contribution in [2.24, 2.45) is 4.99 Å². The number of benzene rings is 1. The summed E-state index contributed by atoms with van der Waals surface area (Å²) in [5.74, 6) is 0.809. The number of anilines is 1. The van der Waals surface area contributed by atoms with Gasteiger partial charge in [-0.3, -0.25) is 10.3 Å². The van der Waals surface area contributed by atoms with Crippen molar-refractivity contribution in [2.45, 2.75) is 38.9 Å². The van der Waals surface area contributed by atoms with Crippen molar-refractivity contribution in [1.29, 1.82) is 0 Å². The lowest BCUT2D eigenvalue weighted by molar-refractivity contribution is 0.107. The predicted molar refractivity (Wildman–Crippen MR) is 116 cm³/mol. The molecule has 1 aromatic rings. The SMILES string of the molecule is COCCOC(=O)Nc1cccc(C)c1CNC1=CC=CN2C1=NC(C)C2(C)CO. The van der Waals surface area contributed by atoms with E-state index in [1.54, 1.807) is 7.11 Å². The van der Waals surface area contributed by atoms with Gasteiger partial charge in [-0.15, -0.1) is 0 Å². The Balaban J connectivity index is 1.72. The maximum absolute atomic E-state index is 12.1.